The van der Waals surface area contributed by atoms with Crippen LogP contribution >= 0.6 is 0 Å². The standard InChI is InChI=1S/C13H14FNO2/c1-3-4-9-7-11(16)10-5-8(14)6-12(17-2)13(10)15-9/h5-7H,3-4H2,1-2H3,(H,15,16). The lowest BCUT2D eigenvalue weighted by Crippen LogP contribution is -2.06. The molecule has 1 aromatic heterocycles. The fraction of sp³-hybridized carbons (Fsp3) is 0.308. The first kappa shape index (κ1) is 11.6. The molecule has 2 rings (SSSR count). The molecule has 0 saturated carbocycles. The Kier molecular flexibility index (Phi) is 3.13. The fourth-order valence-corrected chi connectivity index (χ4v) is 1.90. The van der Waals surface area contributed by atoms with Crippen LogP contribution in [0.5, 0.6) is 5.75 Å². The van der Waals surface area contributed by atoms with Crippen LogP contribution in [0.25, 0.3) is 10.9 Å². The number of hydrogen-bond acceptors (Lipinski definition) is 2. The van der Waals surface area contributed by atoms with E-state index in [1.165, 1.54) is 25.3 Å². The number of benzene rings is 1. The summed E-state index contributed by atoms with van der Waals surface area (Å²) in [6, 6.07) is 4.02. The number of methoxy groups -OCH3 is 1. The average molecular weight is 235 g/mol. The van der Waals surface area contributed by atoms with E-state index >= 15 is 0 Å². The van der Waals surface area contributed by atoms with Crippen molar-refractivity contribution in [3.8, 4) is 5.75 Å². The number of pyridine rings is 1. The molecule has 2 aromatic rings. The molecule has 0 aliphatic rings. The predicted octanol–water partition coefficient (Wildman–Crippen LogP) is 2.63. The third kappa shape index (κ3) is 2.16. The van der Waals surface area contributed by atoms with Gasteiger partial charge in [0.15, 0.2) is 5.43 Å². The smallest absolute Gasteiger partial charge is 0.189 e. The normalized spacial score (nSPS) is 10.8. The summed E-state index contributed by atoms with van der Waals surface area (Å²) < 4.78 is 18.4. The van der Waals surface area contributed by atoms with Gasteiger partial charge >= 0.3 is 0 Å². The van der Waals surface area contributed by atoms with Crippen LogP contribution in [0, 0.1) is 5.82 Å². The Bertz CT molecular complexity index is 604. The van der Waals surface area contributed by atoms with Crippen molar-refractivity contribution in [2.24, 2.45) is 0 Å². The van der Waals surface area contributed by atoms with Crippen molar-refractivity contribution in [3.05, 3.63) is 39.9 Å². The summed E-state index contributed by atoms with van der Waals surface area (Å²) in [5.74, 6) is -0.113. The number of hydrogen-bond donors (Lipinski definition) is 1. The molecule has 0 bridgehead atoms. The summed E-state index contributed by atoms with van der Waals surface area (Å²) in [4.78, 5) is 15.0. The van der Waals surface area contributed by atoms with Gasteiger partial charge in [0, 0.05) is 17.8 Å². The van der Waals surface area contributed by atoms with Gasteiger partial charge in [0.05, 0.1) is 18.0 Å². The van der Waals surface area contributed by atoms with E-state index in [1.807, 2.05) is 6.92 Å². The third-order valence-corrected chi connectivity index (χ3v) is 2.66. The summed E-state index contributed by atoms with van der Waals surface area (Å²) in [7, 11) is 1.46. The monoisotopic (exact) mass is 235 g/mol. The zero-order valence-electron chi connectivity index (χ0n) is 9.84. The number of aromatic amines is 1. The summed E-state index contributed by atoms with van der Waals surface area (Å²) in [6.07, 6.45) is 1.72. The molecular weight excluding hydrogens is 221 g/mol. The van der Waals surface area contributed by atoms with Crippen molar-refractivity contribution in [2.75, 3.05) is 7.11 Å². The van der Waals surface area contributed by atoms with Crippen LogP contribution in [0.1, 0.15) is 19.0 Å². The maximum Gasteiger partial charge on any atom is 0.189 e. The largest absolute Gasteiger partial charge is 0.494 e. The van der Waals surface area contributed by atoms with Gasteiger partial charge in [-0.1, -0.05) is 13.3 Å². The van der Waals surface area contributed by atoms with Gasteiger partial charge in [-0.05, 0) is 12.5 Å². The molecule has 3 nitrogen and oxygen atoms in total. The predicted molar refractivity (Wildman–Crippen MR) is 65.1 cm³/mol. The van der Waals surface area contributed by atoms with E-state index < -0.39 is 5.82 Å². The molecular formula is C13H14FNO2. The highest BCUT2D eigenvalue weighted by molar-refractivity contribution is 5.84. The Morgan fingerprint density at radius 1 is 1.35 bits per heavy atom. The number of aromatic nitrogens is 1. The van der Waals surface area contributed by atoms with Crippen LogP contribution in [-0.4, -0.2) is 12.1 Å². The average Bonchev–Trinajstić information content (AvgIpc) is 2.30. The van der Waals surface area contributed by atoms with Gasteiger partial charge < -0.3 is 9.72 Å². The summed E-state index contributed by atoms with van der Waals surface area (Å²) in [5.41, 5.74) is 1.22. The number of fused-ring (bicyclic) bond motifs is 1. The highest BCUT2D eigenvalue weighted by Gasteiger charge is 2.09. The zero-order valence-corrected chi connectivity index (χ0v) is 9.84. The lowest BCUT2D eigenvalue weighted by Gasteiger charge is -2.08. The minimum Gasteiger partial charge on any atom is -0.494 e. The van der Waals surface area contributed by atoms with E-state index in [0.29, 0.717) is 16.7 Å². The SMILES string of the molecule is CCCc1cc(=O)c2cc(F)cc(OC)c2[nH]1. The number of halogens is 1. The molecule has 1 heterocycles. The van der Waals surface area contributed by atoms with Crippen LogP contribution in [0.2, 0.25) is 0 Å². The molecule has 0 unspecified atom stereocenters. The fourth-order valence-electron chi connectivity index (χ4n) is 1.90. The second-order valence-corrected chi connectivity index (χ2v) is 3.94. The van der Waals surface area contributed by atoms with Crippen molar-refractivity contribution in [3.63, 3.8) is 0 Å². The molecule has 0 atom stereocenters. The van der Waals surface area contributed by atoms with E-state index in [1.54, 1.807) is 0 Å². The molecule has 0 spiro atoms. The van der Waals surface area contributed by atoms with Crippen LogP contribution < -0.4 is 10.2 Å². The molecule has 0 saturated heterocycles. The first-order valence-corrected chi connectivity index (χ1v) is 5.55. The topological polar surface area (TPSA) is 42.1 Å². The second-order valence-electron chi connectivity index (χ2n) is 3.94. The molecule has 90 valence electrons. The number of rotatable bonds is 3. The molecule has 0 amide bonds. The number of aryl methyl sites for hydroxylation is 1. The zero-order chi connectivity index (χ0) is 12.4. The quantitative estimate of drug-likeness (QED) is 0.888. The lowest BCUT2D eigenvalue weighted by molar-refractivity contribution is 0.415. The van der Waals surface area contributed by atoms with Crippen LogP contribution in [0.15, 0.2) is 23.0 Å². The van der Waals surface area contributed by atoms with Gasteiger partial charge in [0.25, 0.3) is 0 Å². The first-order valence-electron chi connectivity index (χ1n) is 5.55. The van der Waals surface area contributed by atoms with Crippen molar-refractivity contribution in [1.29, 1.82) is 0 Å². The van der Waals surface area contributed by atoms with Crippen molar-refractivity contribution >= 4 is 10.9 Å². The molecule has 1 N–H and O–H groups in total. The summed E-state index contributed by atoms with van der Waals surface area (Å²) >= 11 is 0. The maximum atomic E-state index is 13.3. The molecule has 0 aliphatic heterocycles. The number of nitrogens with one attached hydrogen (secondary N) is 1. The van der Waals surface area contributed by atoms with Crippen LogP contribution in [-0.2, 0) is 6.42 Å². The van der Waals surface area contributed by atoms with Gasteiger partial charge in [0.2, 0.25) is 0 Å². The summed E-state index contributed by atoms with van der Waals surface area (Å²) in [6.45, 7) is 2.03. The van der Waals surface area contributed by atoms with E-state index in [-0.39, 0.29) is 5.43 Å². The Morgan fingerprint density at radius 3 is 2.76 bits per heavy atom. The lowest BCUT2D eigenvalue weighted by atomic mass is 10.1. The van der Waals surface area contributed by atoms with Crippen molar-refractivity contribution in [1.82, 2.24) is 4.98 Å². The number of H-pyrrole nitrogens is 1. The van der Waals surface area contributed by atoms with Gasteiger partial charge in [0.1, 0.15) is 11.6 Å². The van der Waals surface area contributed by atoms with Gasteiger partial charge in [-0.25, -0.2) is 4.39 Å². The number of ether oxygens (including phenoxy) is 1. The molecule has 4 heteroatoms. The van der Waals surface area contributed by atoms with Crippen molar-refractivity contribution in [2.45, 2.75) is 19.8 Å². The molecule has 0 aliphatic carbocycles. The molecule has 0 radical (unpaired) electrons. The van der Waals surface area contributed by atoms with Gasteiger partial charge in [-0.2, -0.15) is 0 Å². The van der Waals surface area contributed by atoms with E-state index in [2.05, 4.69) is 4.98 Å². The Balaban J connectivity index is 2.77. The molecule has 0 fully saturated rings. The highest BCUT2D eigenvalue weighted by atomic mass is 19.1. The second kappa shape index (κ2) is 4.57. The molecule has 17 heavy (non-hydrogen) atoms. The molecule has 1 aromatic carbocycles. The van der Waals surface area contributed by atoms with E-state index in [9.17, 15) is 9.18 Å². The van der Waals surface area contributed by atoms with Crippen LogP contribution in [0.3, 0.4) is 0 Å². The van der Waals surface area contributed by atoms with E-state index in [4.69, 9.17) is 4.74 Å². The maximum absolute atomic E-state index is 13.3. The van der Waals surface area contributed by atoms with Crippen molar-refractivity contribution < 1.29 is 9.13 Å². The van der Waals surface area contributed by atoms with Crippen LogP contribution in [0.4, 0.5) is 4.39 Å². The Labute approximate surface area is 98.2 Å². The Hall–Kier alpha value is -1.84. The highest BCUT2D eigenvalue weighted by Crippen LogP contribution is 2.23. The minimum atomic E-state index is -0.469. The Morgan fingerprint density at radius 2 is 2.12 bits per heavy atom. The van der Waals surface area contributed by atoms with Gasteiger partial charge in [-0.15, -0.1) is 0 Å². The van der Waals surface area contributed by atoms with E-state index in [0.717, 1.165) is 18.5 Å². The minimum absolute atomic E-state index is 0.181. The van der Waals surface area contributed by atoms with Gasteiger partial charge in [-0.3, -0.25) is 4.79 Å². The summed E-state index contributed by atoms with van der Waals surface area (Å²) in [5, 5.41) is 0.321. The first-order chi connectivity index (χ1) is 8.15. The third-order valence-electron chi connectivity index (χ3n) is 2.66.